The third-order valence-corrected chi connectivity index (χ3v) is 3.44. The Labute approximate surface area is 98.3 Å². The Morgan fingerprint density at radius 3 is 2.79 bits per heavy atom. The first-order chi connectivity index (χ1) is 6.68. The van der Waals surface area contributed by atoms with E-state index in [0.717, 1.165) is 3.01 Å². The van der Waals surface area contributed by atoms with Gasteiger partial charge < -0.3 is 0 Å². The van der Waals surface area contributed by atoms with E-state index in [4.69, 9.17) is 0 Å². The van der Waals surface area contributed by atoms with Crippen molar-refractivity contribution in [3.05, 3.63) is 32.6 Å². The van der Waals surface area contributed by atoms with Gasteiger partial charge in [-0.05, 0) is 41.1 Å². The van der Waals surface area contributed by atoms with Crippen LogP contribution >= 0.6 is 33.9 Å². The van der Waals surface area contributed by atoms with E-state index in [-0.39, 0.29) is 5.82 Å². The zero-order valence-electron chi connectivity index (χ0n) is 7.29. The standard InChI is InChI=1S/C9H6FIN2S/c1-5-3-2-4-6(7(5)10)8-12-13-9(11)14-8/h2-4H,1H3. The average molecular weight is 320 g/mol. The second-order valence-corrected chi connectivity index (χ2v) is 5.53. The maximum absolute atomic E-state index is 13.6. The van der Waals surface area contributed by atoms with E-state index >= 15 is 0 Å². The third-order valence-electron chi connectivity index (χ3n) is 1.82. The van der Waals surface area contributed by atoms with E-state index < -0.39 is 0 Å². The Morgan fingerprint density at radius 2 is 2.14 bits per heavy atom. The molecule has 0 amide bonds. The predicted molar refractivity (Wildman–Crippen MR) is 62.8 cm³/mol. The van der Waals surface area contributed by atoms with Crippen LogP contribution in [0.4, 0.5) is 4.39 Å². The topological polar surface area (TPSA) is 25.8 Å². The highest BCUT2D eigenvalue weighted by Gasteiger charge is 2.11. The smallest absolute Gasteiger partial charge is 0.178 e. The molecule has 0 aliphatic carbocycles. The minimum atomic E-state index is -0.208. The Balaban J connectivity index is 2.57. The zero-order chi connectivity index (χ0) is 10.1. The summed E-state index contributed by atoms with van der Waals surface area (Å²) in [5.41, 5.74) is 1.16. The SMILES string of the molecule is Cc1cccc(-c2nnc(I)s2)c1F. The highest BCUT2D eigenvalue weighted by atomic mass is 127. The van der Waals surface area contributed by atoms with E-state index in [0.29, 0.717) is 16.1 Å². The molecule has 0 aliphatic heterocycles. The number of nitrogens with zero attached hydrogens (tertiary/aromatic N) is 2. The number of benzene rings is 1. The lowest BCUT2D eigenvalue weighted by Gasteiger charge is -2.00. The number of rotatable bonds is 1. The van der Waals surface area contributed by atoms with Crippen LogP contribution in [0.2, 0.25) is 0 Å². The zero-order valence-corrected chi connectivity index (χ0v) is 10.3. The number of hydrogen-bond acceptors (Lipinski definition) is 3. The molecule has 2 nitrogen and oxygen atoms in total. The summed E-state index contributed by atoms with van der Waals surface area (Å²) in [5, 5.41) is 8.40. The summed E-state index contributed by atoms with van der Waals surface area (Å²) in [6.45, 7) is 1.74. The molecule has 0 bridgehead atoms. The lowest BCUT2D eigenvalue weighted by Crippen LogP contribution is -1.87. The van der Waals surface area contributed by atoms with E-state index in [1.165, 1.54) is 11.3 Å². The minimum absolute atomic E-state index is 0.208. The summed E-state index contributed by atoms with van der Waals surface area (Å²) in [6, 6.07) is 5.28. The molecule has 2 rings (SSSR count). The molecule has 72 valence electrons. The predicted octanol–water partition coefficient (Wildman–Crippen LogP) is 3.26. The molecule has 14 heavy (non-hydrogen) atoms. The van der Waals surface area contributed by atoms with Crippen molar-refractivity contribution < 1.29 is 4.39 Å². The summed E-state index contributed by atoms with van der Waals surface area (Å²) in [4.78, 5) is 0. The van der Waals surface area contributed by atoms with Gasteiger partial charge in [0.1, 0.15) is 5.82 Å². The fraction of sp³-hybridized carbons (Fsp3) is 0.111. The number of aromatic nitrogens is 2. The molecule has 0 unspecified atom stereocenters. The Kier molecular flexibility index (Phi) is 2.78. The lowest BCUT2D eigenvalue weighted by molar-refractivity contribution is 0.621. The van der Waals surface area contributed by atoms with Gasteiger partial charge in [-0.15, -0.1) is 10.2 Å². The summed E-state index contributed by atoms with van der Waals surface area (Å²) >= 11 is 3.46. The minimum Gasteiger partial charge on any atom is -0.206 e. The van der Waals surface area contributed by atoms with Crippen LogP contribution in [0, 0.1) is 15.8 Å². The molecular formula is C9H6FIN2S. The fourth-order valence-corrected chi connectivity index (χ4v) is 2.45. The molecule has 0 saturated heterocycles. The van der Waals surface area contributed by atoms with Crippen LogP contribution in [0.5, 0.6) is 0 Å². The Bertz CT molecular complexity index is 470. The van der Waals surface area contributed by atoms with Gasteiger partial charge in [-0.3, -0.25) is 0 Å². The van der Waals surface area contributed by atoms with Gasteiger partial charge in [0.05, 0.1) is 0 Å². The van der Waals surface area contributed by atoms with E-state index in [9.17, 15) is 4.39 Å². The quantitative estimate of drug-likeness (QED) is 0.754. The maximum atomic E-state index is 13.6. The maximum Gasteiger partial charge on any atom is 0.178 e. The highest BCUT2D eigenvalue weighted by molar-refractivity contribution is 14.1. The van der Waals surface area contributed by atoms with Crippen molar-refractivity contribution >= 4 is 33.9 Å². The molecule has 0 aliphatic rings. The van der Waals surface area contributed by atoms with Gasteiger partial charge in [-0.2, -0.15) is 0 Å². The summed E-state index contributed by atoms with van der Waals surface area (Å²) in [7, 11) is 0. The molecular weight excluding hydrogens is 314 g/mol. The fourth-order valence-electron chi connectivity index (χ4n) is 1.13. The number of halogens is 2. The molecule has 1 aromatic heterocycles. The summed E-state index contributed by atoms with van der Waals surface area (Å²) in [5.74, 6) is -0.208. The molecule has 0 radical (unpaired) electrons. The monoisotopic (exact) mass is 320 g/mol. The lowest BCUT2D eigenvalue weighted by atomic mass is 10.1. The normalized spacial score (nSPS) is 10.5. The van der Waals surface area contributed by atoms with Crippen LogP contribution in [0.1, 0.15) is 5.56 Å². The van der Waals surface area contributed by atoms with Crippen LogP contribution in [0.3, 0.4) is 0 Å². The highest BCUT2D eigenvalue weighted by Crippen LogP contribution is 2.27. The molecule has 5 heteroatoms. The molecule has 0 saturated carbocycles. The van der Waals surface area contributed by atoms with Crippen molar-refractivity contribution in [2.75, 3.05) is 0 Å². The Hall–Kier alpha value is -0.560. The van der Waals surface area contributed by atoms with Crippen molar-refractivity contribution in [2.45, 2.75) is 6.92 Å². The van der Waals surface area contributed by atoms with E-state index in [1.807, 2.05) is 6.07 Å². The van der Waals surface area contributed by atoms with Crippen LogP contribution in [-0.4, -0.2) is 10.2 Å². The van der Waals surface area contributed by atoms with Crippen molar-refractivity contribution in [3.63, 3.8) is 0 Å². The first-order valence-corrected chi connectivity index (χ1v) is 5.82. The average Bonchev–Trinajstić information content (AvgIpc) is 2.57. The van der Waals surface area contributed by atoms with Gasteiger partial charge in [0.2, 0.25) is 0 Å². The second-order valence-electron chi connectivity index (χ2n) is 2.80. The van der Waals surface area contributed by atoms with Crippen LogP contribution in [0.15, 0.2) is 18.2 Å². The molecule has 0 atom stereocenters. The van der Waals surface area contributed by atoms with Gasteiger partial charge in [0.15, 0.2) is 8.02 Å². The number of hydrogen-bond donors (Lipinski definition) is 0. The third kappa shape index (κ3) is 1.78. The van der Waals surface area contributed by atoms with Crippen molar-refractivity contribution in [1.29, 1.82) is 0 Å². The van der Waals surface area contributed by atoms with Gasteiger partial charge in [-0.25, -0.2) is 4.39 Å². The van der Waals surface area contributed by atoms with Crippen molar-refractivity contribution in [3.8, 4) is 10.6 Å². The van der Waals surface area contributed by atoms with Gasteiger partial charge in [0, 0.05) is 5.56 Å². The second kappa shape index (κ2) is 3.90. The van der Waals surface area contributed by atoms with Gasteiger partial charge in [-0.1, -0.05) is 23.5 Å². The van der Waals surface area contributed by atoms with Crippen LogP contribution in [-0.2, 0) is 0 Å². The van der Waals surface area contributed by atoms with Crippen molar-refractivity contribution in [1.82, 2.24) is 10.2 Å². The molecule has 0 spiro atoms. The van der Waals surface area contributed by atoms with E-state index in [2.05, 4.69) is 32.8 Å². The summed E-state index contributed by atoms with van der Waals surface area (Å²) < 4.78 is 14.5. The van der Waals surface area contributed by atoms with Crippen molar-refractivity contribution in [2.24, 2.45) is 0 Å². The summed E-state index contributed by atoms with van der Waals surface area (Å²) in [6.07, 6.45) is 0. The first-order valence-electron chi connectivity index (χ1n) is 3.93. The van der Waals surface area contributed by atoms with Crippen LogP contribution in [0.25, 0.3) is 10.6 Å². The van der Waals surface area contributed by atoms with Gasteiger partial charge in [0.25, 0.3) is 0 Å². The molecule has 2 aromatic rings. The van der Waals surface area contributed by atoms with Gasteiger partial charge >= 0.3 is 0 Å². The molecule has 1 aromatic carbocycles. The number of aryl methyl sites for hydroxylation is 1. The molecule has 1 heterocycles. The molecule has 0 fully saturated rings. The first kappa shape index (κ1) is 9.97. The van der Waals surface area contributed by atoms with Crippen LogP contribution < -0.4 is 0 Å². The Morgan fingerprint density at radius 1 is 1.36 bits per heavy atom. The largest absolute Gasteiger partial charge is 0.206 e. The van der Waals surface area contributed by atoms with E-state index in [1.54, 1.807) is 19.1 Å². The molecule has 0 N–H and O–H groups in total.